The lowest BCUT2D eigenvalue weighted by Crippen LogP contribution is -2.48. The van der Waals surface area contributed by atoms with Gasteiger partial charge < -0.3 is 18.8 Å². The van der Waals surface area contributed by atoms with E-state index in [1.54, 1.807) is 18.2 Å². The quantitative estimate of drug-likeness (QED) is 0.288. The fourth-order valence-corrected chi connectivity index (χ4v) is 4.29. The lowest BCUT2D eigenvalue weighted by atomic mass is 9.84. The number of hydrogen-bond acceptors (Lipinski definition) is 8. The van der Waals surface area contributed by atoms with Crippen molar-refractivity contribution in [2.45, 2.75) is 49.3 Å². The third-order valence-electron chi connectivity index (χ3n) is 5.13. The van der Waals surface area contributed by atoms with E-state index in [9.17, 15) is 35.7 Å². The molecule has 1 aromatic carbocycles. The third kappa shape index (κ3) is 5.08. The molecule has 1 heterocycles. The van der Waals surface area contributed by atoms with Crippen molar-refractivity contribution < 1.29 is 49.9 Å². The molecule has 1 aromatic rings. The first-order valence-electron chi connectivity index (χ1n) is 9.20. The van der Waals surface area contributed by atoms with Crippen molar-refractivity contribution in [2.24, 2.45) is 5.92 Å². The van der Waals surface area contributed by atoms with Gasteiger partial charge in [-0.2, -0.15) is 8.78 Å². The Balaban J connectivity index is 1.52. The van der Waals surface area contributed by atoms with Gasteiger partial charge in [-0.1, -0.05) is 0 Å². The Morgan fingerprint density at radius 2 is 1.97 bits per heavy atom. The van der Waals surface area contributed by atoms with E-state index in [0.717, 1.165) is 3.57 Å². The van der Waals surface area contributed by atoms with Crippen LogP contribution in [0.3, 0.4) is 0 Å². The molecule has 2 aliphatic rings. The monoisotopic (exact) mass is 577 g/mol. The third-order valence-corrected chi connectivity index (χ3v) is 6.73. The Morgan fingerprint density at radius 3 is 2.58 bits per heavy atom. The molecular formula is C18H17F3IO8S-. The van der Waals surface area contributed by atoms with Crippen LogP contribution in [0.15, 0.2) is 18.2 Å². The summed E-state index contributed by atoms with van der Waals surface area (Å²) in [6, 6.07) is 5.03. The van der Waals surface area contributed by atoms with Crippen LogP contribution in [-0.4, -0.2) is 48.7 Å². The molecule has 1 fully saturated rings. The summed E-state index contributed by atoms with van der Waals surface area (Å²) in [5, 5.41) is -5.10. The lowest BCUT2D eigenvalue weighted by Gasteiger charge is -2.41. The van der Waals surface area contributed by atoms with Crippen molar-refractivity contribution >= 4 is 44.6 Å². The summed E-state index contributed by atoms with van der Waals surface area (Å²) < 4.78 is 87.8. The number of rotatable bonds is 6. The number of carbonyl (C=O) groups excluding carboxylic acids is 2. The highest BCUT2D eigenvalue weighted by Crippen LogP contribution is 2.42. The van der Waals surface area contributed by atoms with E-state index in [0.29, 0.717) is 11.3 Å². The Kier molecular flexibility index (Phi) is 6.77. The first kappa shape index (κ1) is 24.0. The highest BCUT2D eigenvalue weighted by molar-refractivity contribution is 14.1. The minimum Gasteiger partial charge on any atom is -0.743 e. The summed E-state index contributed by atoms with van der Waals surface area (Å²) in [5.74, 6) is -2.83. The number of alkyl halides is 3. The lowest BCUT2D eigenvalue weighted by molar-refractivity contribution is -0.183. The normalized spacial score (nSPS) is 24.7. The predicted molar refractivity (Wildman–Crippen MR) is 105 cm³/mol. The fraction of sp³-hybridized carbons (Fsp3) is 0.556. The van der Waals surface area contributed by atoms with E-state index < -0.39 is 58.2 Å². The first-order chi connectivity index (χ1) is 14.3. The van der Waals surface area contributed by atoms with E-state index in [1.807, 2.05) is 0 Å². The van der Waals surface area contributed by atoms with Crippen molar-refractivity contribution in [3.63, 3.8) is 0 Å². The highest BCUT2D eigenvalue weighted by atomic mass is 127. The second-order valence-electron chi connectivity index (χ2n) is 7.26. The molecule has 31 heavy (non-hydrogen) atoms. The molecule has 0 radical (unpaired) electrons. The Labute approximate surface area is 189 Å². The molecule has 0 bridgehead atoms. The Hall–Kier alpha value is -1.61. The number of fused-ring (bicyclic) bond motifs is 1. The molecule has 172 valence electrons. The standard InChI is InChI=1S/C18H18F3IO8S/c19-14(18(20,21)31(25,26)27)5-8-28-15(23)10-3-6-17(7-4-10)29-13-9-11(22)1-2-12(13)16(24)30-17/h1-2,9-10,14H,3-8H2,(H,25,26,27)/p-1. The minimum atomic E-state index is -6.17. The molecule has 8 nitrogen and oxygen atoms in total. The molecule has 13 heteroatoms. The smallest absolute Gasteiger partial charge is 0.364 e. The number of hydrogen-bond donors (Lipinski definition) is 0. The largest absolute Gasteiger partial charge is 0.743 e. The second-order valence-corrected chi connectivity index (χ2v) is 9.95. The number of benzene rings is 1. The number of esters is 2. The van der Waals surface area contributed by atoms with Crippen LogP contribution >= 0.6 is 22.6 Å². The molecule has 1 spiro atoms. The van der Waals surface area contributed by atoms with E-state index in [-0.39, 0.29) is 25.7 Å². The van der Waals surface area contributed by atoms with Gasteiger partial charge in [0.2, 0.25) is 0 Å². The Morgan fingerprint density at radius 1 is 1.32 bits per heavy atom. The number of halogens is 4. The molecule has 0 saturated heterocycles. The van der Waals surface area contributed by atoms with Crippen molar-refractivity contribution in [3.8, 4) is 5.75 Å². The van der Waals surface area contributed by atoms with Crippen LogP contribution in [0.4, 0.5) is 13.2 Å². The molecule has 3 rings (SSSR count). The summed E-state index contributed by atoms with van der Waals surface area (Å²) in [6.07, 6.45) is -3.67. The van der Waals surface area contributed by atoms with Gasteiger partial charge in [0.25, 0.3) is 5.79 Å². The van der Waals surface area contributed by atoms with Gasteiger partial charge in [0, 0.05) is 22.8 Å². The molecule has 1 atom stereocenters. The zero-order chi connectivity index (χ0) is 23.0. The summed E-state index contributed by atoms with van der Waals surface area (Å²) in [6.45, 7) is -0.815. The van der Waals surface area contributed by atoms with E-state index in [4.69, 9.17) is 14.2 Å². The van der Waals surface area contributed by atoms with Gasteiger partial charge in [-0.25, -0.2) is 17.6 Å². The van der Waals surface area contributed by atoms with Crippen LogP contribution in [0.25, 0.3) is 0 Å². The average Bonchev–Trinajstić information content (AvgIpc) is 2.67. The second kappa shape index (κ2) is 8.73. The van der Waals surface area contributed by atoms with Gasteiger partial charge in [0.1, 0.15) is 11.3 Å². The summed E-state index contributed by atoms with van der Waals surface area (Å²) in [4.78, 5) is 24.4. The molecule has 1 saturated carbocycles. The van der Waals surface area contributed by atoms with E-state index >= 15 is 0 Å². The summed E-state index contributed by atoms with van der Waals surface area (Å²) in [7, 11) is -6.17. The fourth-order valence-electron chi connectivity index (χ4n) is 3.40. The van der Waals surface area contributed by atoms with Crippen molar-refractivity contribution in [2.75, 3.05) is 6.61 Å². The van der Waals surface area contributed by atoms with Crippen molar-refractivity contribution in [1.29, 1.82) is 0 Å². The number of carbonyl (C=O) groups is 2. The maximum Gasteiger partial charge on any atom is 0.364 e. The van der Waals surface area contributed by atoms with Crippen molar-refractivity contribution in [3.05, 3.63) is 27.3 Å². The maximum atomic E-state index is 13.4. The molecular weight excluding hydrogens is 560 g/mol. The van der Waals surface area contributed by atoms with Gasteiger partial charge in [-0.3, -0.25) is 4.79 Å². The van der Waals surface area contributed by atoms with Gasteiger partial charge in [-0.15, -0.1) is 0 Å². The first-order valence-corrected chi connectivity index (χ1v) is 11.7. The highest BCUT2D eigenvalue weighted by Gasteiger charge is 2.48. The summed E-state index contributed by atoms with van der Waals surface area (Å²) >= 11 is 2.07. The average molecular weight is 577 g/mol. The van der Waals surface area contributed by atoms with E-state index in [1.165, 1.54) is 0 Å². The van der Waals surface area contributed by atoms with Gasteiger partial charge >= 0.3 is 17.2 Å². The maximum absolute atomic E-state index is 13.4. The van der Waals surface area contributed by atoms with Crippen LogP contribution < -0.4 is 4.74 Å². The van der Waals surface area contributed by atoms with Crippen LogP contribution in [0.5, 0.6) is 5.75 Å². The molecule has 0 N–H and O–H groups in total. The summed E-state index contributed by atoms with van der Waals surface area (Å²) in [5.41, 5.74) is 0.297. The zero-order valence-electron chi connectivity index (χ0n) is 15.8. The molecule has 0 aromatic heterocycles. The van der Waals surface area contributed by atoms with Crippen LogP contribution in [-0.2, 0) is 24.4 Å². The zero-order valence-corrected chi connectivity index (χ0v) is 18.8. The molecule has 0 amide bonds. The topological polar surface area (TPSA) is 119 Å². The van der Waals surface area contributed by atoms with Crippen LogP contribution in [0.2, 0.25) is 0 Å². The minimum absolute atomic E-state index is 0.182. The SMILES string of the molecule is O=C1OC2(CCC(C(=O)OCCC(F)C(F)(F)S(=O)(=O)[O-])CC2)Oc2cc(I)ccc21. The predicted octanol–water partition coefficient (Wildman–Crippen LogP) is 3.14. The van der Waals surface area contributed by atoms with Gasteiger partial charge in [0.15, 0.2) is 16.3 Å². The molecule has 1 aliphatic carbocycles. The van der Waals surface area contributed by atoms with E-state index in [2.05, 4.69) is 22.6 Å². The molecule has 1 aliphatic heterocycles. The van der Waals surface area contributed by atoms with Crippen LogP contribution in [0, 0.1) is 9.49 Å². The van der Waals surface area contributed by atoms with Gasteiger partial charge in [0.05, 0.1) is 12.5 Å². The number of ether oxygens (including phenoxy) is 3. The molecule has 1 unspecified atom stereocenters. The van der Waals surface area contributed by atoms with Crippen LogP contribution in [0.1, 0.15) is 42.5 Å². The van der Waals surface area contributed by atoms with Gasteiger partial charge in [-0.05, 0) is 53.6 Å². The van der Waals surface area contributed by atoms with Crippen molar-refractivity contribution in [1.82, 2.24) is 0 Å². The Bertz CT molecular complexity index is 976.